The van der Waals surface area contributed by atoms with Crippen LogP contribution in [0, 0.1) is 0 Å². The van der Waals surface area contributed by atoms with Crippen LogP contribution in [0.25, 0.3) is 10.9 Å². The van der Waals surface area contributed by atoms with Crippen molar-refractivity contribution >= 4 is 34.2 Å². The van der Waals surface area contributed by atoms with E-state index in [1.807, 2.05) is 10.8 Å². The molecule has 0 spiro atoms. The molecule has 0 saturated heterocycles. The van der Waals surface area contributed by atoms with Crippen LogP contribution in [0.4, 0.5) is 10.5 Å². The number of pyridine rings is 1. The van der Waals surface area contributed by atoms with Gasteiger partial charge in [-0.25, -0.2) is 9.78 Å². The predicted octanol–water partition coefficient (Wildman–Crippen LogP) is 2.59. The summed E-state index contributed by atoms with van der Waals surface area (Å²) in [7, 11) is 0. The van der Waals surface area contributed by atoms with Gasteiger partial charge < -0.3 is 20.2 Å². The van der Waals surface area contributed by atoms with Crippen LogP contribution in [0.15, 0.2) is 47.9 Å². The molecule has 2 amide bonds. The molecule has 0 unspecified atom stereocenters. The van der Waals surface area contributed by atoms with Gasteiger partial charge in [0.15, 0.2) is 0 Å². The molecule has 0 aliphatic heterocycles. The number of aromatic amines is 1. The fraction of sp³-hybridized carbons (Fsp3) is 0.188. The summed E-state index contributed by atoms with van der Waals surface area (Å²) >= 11 is 5.90. The number of urea groups is 1. The summed E-state index contributed by atoms with van der Waals surface area (Å²) in [6, 6.07) is 4.52. The topological polar surface area (TPSA) is 91.8 Å². The van der Waals surface area contributed by atoms with E-state index >= 15 is 0 Å². The molecule has 0 radical (unpaired) electrons. The van der Waals surface area contributed by atoms with Crippen LogP contribution < -0.4 is 16.1 Å². The van der Waals surface area contributed by atoms with Gasteiger partial charge in [-0.15, -0.1) is 0 Å². The van der Waals surface area contributed by atoms with Gasteiger partial charge in [-0.3, -0.25) is 4.79 Å². The maximum atomic E-state index is 12.3. The third kappa shape index (κ3) is 3.75. The number of rotatable bonds is 5. The van der Waals surface area contributed by atoms with Gasteiger partial charge in [0.25, 0.3) is 0 Å². The molecule has 124 valence electrons. The summed E-state index contributed by atoms with van der Waals surface area (Å²) in [5.74, 6) is 0. The van der Waals surface area contributed by atoms with Crippen molar-refractivity contribution < 1.29 is 4.79 Å². The maximum absolute atomic E-state index is 12.3. The van der Waals surface area contributed by atoms with E-state index in [2.05, 4.69) is 20.6 Å². The second-order valence-electron chi connectivity index (χ2n) is 5.26. The minimum Gasteiger partial charge on any atom is -0.359 e. The van der Waals surface area contributed by atoms with E-state index < -0.39 is 6.03 Å². The highest BCUT2D eigenvalue weighted by Crippen LogP contribution is 2.16. The van der Waals surface area contributed by atoms with Crippen molar-refractivity contribution in [2.45, 2.75) is 13.0 Å². The molecule has 1 aromatic carbocycles. The second-order valence-corrected chi connectivity index (χ2v) is 5.69. The lowest BCUT2D eigenvalue weighted by Crippen LogP contribution is -2.31. The van der Waals surface area contributed by atoms with Gasteiger partial charge in [-0.1, -0.05) is 11.6 Å². The standard InChI is InChI=1S/C16H16ClN5O2/c17-11-2-3-12-13(8-11)20-9-14(15(12)23)21-16(24)19-4-1-6-22-7-5-18-10-22/h2-3,5,7-10H,1,4,6H2,(H,20,23)(H2,19,21,24). The molecule has 0 fully saturated rings. The van der Waals surface area contributed by atoms with Crippen LogP contribution in [0.1, 0.15) is 6.42 Å². The molecule has 7 nitrogen and oxygen atoms in total. The van der Waals surface area contributed by atoms with Gasteiger partial charge in [0.1, 0.15) is 5.69 Å². The van der Waals surface area contributed by atoms with E-state index in [0.29, 0.717) is 22.5 Å². The number of halogens is 1. The Morgan fingerprint density at radius 3 is 3.04 bits per heavy atom. The molecule has 0 atom stereocenters. The number of nitrogens with one attached hydrogen (secondary N) is 3. The van der Waals surface area contributed by atoms with Crippen LogP contribution in [-0.2, 0) is 6.54 Å². The molecule has 3 rings (SSSR count). The molecule has 0 aliphatic carbocycles. The first-order chi connectivity index (χ1) is 11.6. The average Bonchev–Trinajstić information content (AvgIpc) is 3.07. The third-order valence-corrected chi connectivity index (χ3v) is 3.76. The Labute approximate surface area is 142 Å². The molecular weight excluding hydrogens is 330 g/mol. The smallest absolute Gasteiger partial charge is 0.319 e. The van der Waals surface area contributed by atoms with Crippen LogP contribution >= 0.6 is 11.6 Å². The van der Waals surface area contributed by atoms with Crippen LogP contribution in [0.2, 0.25) is 5.02 Å². The van der Waals surface area contributed by atoms with Gasteiger partial charge in [-0.05, 0) is 24.6 Å². The molecule has 3 aromatic rings. The summed E-state index contributed by atoms with van der Waals surface area (Å²) in [4.78, 5) is 31.1. The molecule has 24 heavy (non-hydrogen) atoms. The van der Waals surface area contributed by atoms with Gasteiger partial charge in [0, 0.05) is 42.1 Å². The molecule has 0 saturated carbocycles. The monoisotopic (exact) mass is 345 g/mol. The zero-order valence-electron chi connectivity index (χ0n) is 12.8. The van der Waals surface area contributed by atoms with Crippen molar-refractivity contribution in [1.29, 1.82) is 0 Å². The molecular formula is C16H16ClN5O2. The van der Waals surface area contributed by atoms with Crippen LogP contribution in [-0.4, -0.2) is 27.1 Å². The molecule has 0 bridgehead atoms. The number of imidazole rings is 1. The van der Waals surface area contributed by atoms with Gasteiger partial charge in [0.05, 0.1) is 11.8 Å². The van der Waals surface area contributed by atoms with Gasteiger partial charge in [-0.2, -0.15) is 0 Å². The minimum absolute atomic E-state index is 0.192. The second kappa shape index (κ2) is 7.18. The summed E-state index contributed by atoms with van der Waals surface area (Å²) in [6.45, 7) is 1.25. The van der Waals surface area contributed by atoms with E-state index in [1.54, 1.807) is 30.7 Å². The van der Waals surface area contributed by atoms with E-state index in [4.69, 9.17) is 11.6 Å². The van der Waals surface area contributed by atoms with Crippen molar-refractivity contribution in [2.75, 3.05) is 11.9 Å². The quantitative estimate of drug-likeness (QED) is 0.621. The lowest BCUT2D eigenvalue weighted by molar-refractivity contribution is 0.252. The number of fused-ring (bicyclic) bond motifs is 1. The predicted molar refractivity (Wildman–Crippen MR) is 93.4 cm³/mol. The van der Waals surface area contributed by atoms with Crippen LogP contribution in [0.3, 0.4) is 0 Å². The first kappa shape index (κ1) is 16.1. The molecule has 8 heteroatoms. The zero-order valence-corrected chi connectivity index (χ0v) is 13.5. The number of aryl methyl sites for hydroxylation is 1. The van der Waals surface area contributed by atoms with Crippen molar-refractivity contribution in [3.8, 4) is 0 Å². The lowest BCUT2D eigenvalue weighted by atomic mass is 10.2. The van der Waals surface area contributed by atoms with Crippen molar-refractivity contribution in [3.63, 3.8) is 0 Å². The third-order valence-electron chi connectivity index (χ3n) is 3.53. The number of carbonyl (C=O) groups is 1. The fourth-order valence-electron chi connectivity index (χ4n) is 2.34. The number of nitrogens with zero attached hydrogens (tertiary/aromatic N) is 2. The van der Waals surface area contributed by atoms with Crippen molar-refractivity contribution in [2.24, 2.45) is 0 Å². The normalized spacial score (nSPS) is 10.7. The number of hydrogen-bond acceptors (Lipinski definition) is 3. The number of carbonyl (C=O) groups excluding carboxylic acids is 1. The maximum Gasteiger partial charge on any atom is 0.319 e. The zero-order chi connectivity index (χ0) is 16.9. The number of amides is 2. The number of benzene rings is 1. The summed E-state index contributed by atoms with van der Waals surface area (Å²) < 4.78 is 1.93. The van der Waals surface area contributed by atoms with E-state index in [1.165, 1.54) is 6.20 Å². The Morgan fingerprint density at radius 2 is 2.25 bits per heavy atom. The van der Waals surface area contributed by atoms with E-state index in [-0.39, 0.29) is 11.1 Å². The number of anilines is 1. The number of H-pyrrole nitrogens is 1. The first-order valence-corrected chi connectivity index (χ1v) is 7.83. The van der Waals surface area contributed by atoms with E-state index in [0.717, 1.165) is 13.0 Å². The van der Waals surface area contributed by atoms with Crippen LogP contribution in [0.5, 0.6) is 0 Å². The number of hydrogen-bond donors (Lipinski definition) is 3. The Balaban J connectivity index is 1.58. The minimum atomic E-state index is -0.417. The van der Waals surface area contributed by atoms with Gasteiger partial charge in [0.2, 0.25) is 5.43 Å². The Kier molecular flexibility index (Phi) is 4.81. The summed E-state index contributed by atoms with van der Waals surface area (Å²) in [5.41, 5.74) is 0.560. The summed E-state index contributed by atoms with van der Waals surface area (Å²) in [5, 5.41) is 6.29. The van der Waals surface area contributed by atoms with Crippen molar-refractivity contribution in [3.05, 3.63) is 58.4 Å². The average molecular weight is 346 g/mol. The van der Waals surface area contributed by atoms with Gasteiger partial charge >= 0.3 is 6.03 Å². The Morgan fingerprint density at radius 1 is 1.38 bits per heavy atom. The fourth-order valence-corrected chi connectivity index (χ4v) is 2.51. The Bertz CT molecular complexity index is 904. The molecule has 0 aliphatic rings. The first-order valence-electron chi connectivity index (χ1n) is 7.45. The number of aromatic nitrogens is 3. The highest BCUT2D eigenvalue weighted by atomic mass is 35.5. The van der Waals surface area contributed by atoms with Crippen molar-refractivity contribution in [1.82, 2.24) is 19.9 Å². The SMILES string of the molecule is O=C(NCCCn1ccnc1)Nc1c[nH]c2cc(Cl)ccc2c1=O. The highest BCUT2D eigenvalue weighted by Gasteiger charge is 2.08. The molecule has 2 aromatic heterocycles. The molecule has 3 N–H and O–H groups in total. The Hall–Kier alpha value is -2.80. The largest absolute Gasteiger partial charge is 0.359 e. The van der Waals surface area contributed by atoms with E-state index in [9.17, 15) is 9.59 Å². The summed E-state index contributed by atoms with van der Waals surface area (Å²) in [6.07, 6.45) is 7.52. The molecule has 2 heterocycles. The lowest BCUT2D eigenvalue weighted by Gasteiger charge is -2.08. The highest BCUT2D eigenvalue weighted by molar-refractivity contribution is 6.31.